The molecule has 0 N–H and O–H groups in total. The third kappa shape index (κ3) is 7.08. The molecular weight excluding hydrogens is 556 g/mol. The molecule has 2 nitrogen and oxygen atoms in total. The van der Waals surface area contributed by atoms with Crippen molar-refractivity contribution in [2.75, 3.05) is 9.80 Å². The van der Waals surface area contributed by atoms with Crippen molar-refractivity contribution < 1.29 is 0 Å². The molecule has 0 spiro atoms. The van der Waals surface area contributed by atoms with E-state index in [1.807, 2.05) is 0 Å². The molecule has 0 saturated heterocycles. The van der Waals surface area contributed by atoms with Gasteiger partial charge in [-0.05, 0) is 109 Å². The predicted molar refractivity (Wildman–Crippen MR) is 198 cm³/mol. The monoisotopic (exact) mass is 600 g/mol. The summed E-state index contributed by atoms with van der Waals surface area (Å²) >= 11 is 0. The summed E-state index contributed by atoms with van der Waals surface area (Å²) in [6, 6.07) is 57.2. The Morgan fingerprint density at radius 1 is 0.348 bits per heavy atom. The zero-order valence-corrected chi connectivity index (χ0v) is 27.1. The second-order valence-electron chi connectivity index (χ2n) is 11.9. The van der Waals surface area contributed by atoms with Crippen LogP contribution in [0, 0.1) is 0 Å². The minimum Gasteiger partial charge on any atom is -0.310 e. The minimum absolute atomic E-state index is 1.07. The van der Waals surface area contributed by atoms with Crippen molar-refractivity contribution in [3.8, 4) is 11.1 Å². The summed E-state index contributed by atoms with van der Waals surface area (Å²) in [6.45, 7) is 4.52. The number of hydrogen-bond donors (Lipinski definition) is 0. The Labute approximate surface area is 275 Å². The van der Waals surface area contributed by atoms with E-state index in [-0.39, 0.29) is 0 Å². The van der Waals surface area contributed by atoms with E-state index in [2.05, 4.69) is 181 Å². The lowest BCUT2D eigenvalue weighted by Gasteiger charge is -2.28. The van der Waals surface area contributed by atoms with Gasteiger partial charge in [0.15, 0.2) is 0 Å². The molecular formula is C44H44N2. The van der Waals surface area contributed by atoms with E-state index < -0.39 is 0 Å². The van der Waals surface area contributed by atoms with Gasteiger partial charge in [-0.25, -0.2) is 0 Å². The maximum atomic E-state index is 2.39. The molecule has 0 aliphatic rings. The first kappa shape index (κ1) is 30.9. The quantitative estimate of drug-likeness (QED) is 0.130. The van der Waals surface area contributed by atoms with Gasteiger partial charge in [0.25, 0.3) is 0 Å². The van der Waals surface area contributed by atoms with E-state index in [0.717, 1.165) is 24.2 Å². The SMILES string of the molecule is CCCCc1ccccc1N(c1ccccc1)c1ccc(-c2ccc(N(c3ccccc3)c3ccccc3CCCC)cc2)cc1. The molecule has 0 aliphatic carbocycles. The van der Waals surface area contributed by atoms with Crippen LogP contribution in [0.25, 0.3) is 11.1 Å². The van der Waals surface area contributed by atoms with Gasteiger partial charge in [0.2, 0.25) is 0 Å². The Morgan fingerprint density at radius 3 is 1.04 bits per heavy atom. The van der Waals surface area contributed by atoms with E-state index in [1.54, 1.807) is 0 Å². The zero-order chi connectivity index (χ0) is 31.6. The van der Waals surface area contributed by atoms with E-state index in [4.69, 9.17) is 0 Å². The summed E-state index contributed by atoms with van der Waals surface area (Å²) in [5.74, 6) is 0. The van der Waals surface area contributed by atoms with Crippen LogP contribution in [0.1, 0.15) is 50.7 Å². The Kier molecular flexibility index (Phi) is 10.3. The molecule has 0 radical (unpaired) electrons. The molecule has 0 bridgehead atoms. The van der Waals surface area contributed by atoms with Gasteiger partial charge in [-0.15, -0.1) is 0 Å². The Hall–Kier alpha value is -5.08. The van der Waals surface area contributed by atoms with Gasteiger partial charge < -0.3 is 9.80 Å². The first-order chi connectivity index (χ1) is 22.8. The highest BCUT2D eigenvalue weighted by molar-refractivity contribution is 5.82. The van der Waals surface area contributed by atoms with Crippen LogP contribution in [0.15, 0.2) is 158 Å². The fraction of sp³-hybridized carbons (Fsp3) is 0.182. The highest BCUT2D eigenvalue weighted by Gasteiger charge is 2.17. The van der Waals surface area contributed by atoms with E-state index in [1.165, 1.54) is 70.7 Å². The Bertz CT molecular complexity index is 1660. The highest BCUT2D eigenvalue weighted by Crippen LogP contribution is 2.40. The molecule has 0 aliphatic heterocycles. The van der Waals surface area contributed by atoms with Crippen molar-refractivity contribution in [2.24, 2.45) is 0 Å². The number of unbranched alkanes of at least 4 members (excludes halogenated alkanes) is 2. The van der Waals surface area contributed by atoms with Gasteiger partial charge >= 0.3 is 0 Å². The lowest BCUT2D eigenvalue weighted by molar-refractivity contribution is 0.795. The summed E-state index contributed by atoms with van der Waals surface area (Å²) in [5, 5.41) is 0. The van der Waals surface area contributed by atoms with Gasteiger partial charge in [0.05, 0.1) is 0 Å². The summed E-state index contributed by atoms with van der Waals surface area (Å²) in [4.78, 5) is 4.79. The van der Waals surface area contributed by atoms with Crippen LogP contribution < -0.4 is 9.80 Å². The van der Waals surface area contributed by atoms with Crippen molar-refractivity contribution in [1.82, 2.24) is 0 Å². The van der Waals surface area contributed by atoms with Crippen LogP contribution in [-0.2, 0) is 12.8 Å². The summed E-state index contributed by atoms with van der Waals surface area (Å²) in [7, 11) is 0. The van der Waals surface area contributed by atoms with Crippen LogP contribution in [0.3, 0.4) is 0 Å². The van der Waals surface area contributed by atoms with Crippen LogP contribution in [0.4, 0.5) is 34.1 Å². The topological polar surface area (TPSA) is 6.48 Å². The third-order valence-corrected chi connectivity index (χ3v) is 8.68. The van der Waals surface area contributed by atoms with E-state index in [0.29, 0.717) is 0 Å². The lowest BCUT2D eigenvalue weighted by Crippen LogP contribution is -2.12. The minimum atomic E-state index is 1.07. The predicted octanol–water partition coefficient (Wildman–Crippen LogP) is 13.0. The van der Waals surface area contributed by atoms with Crippen LogP contribution >= 0.6 is 0 Å². The normalized spacial score (nSPS) is 10.9. The van der Waals surface area contributed by atoms with Crippen molar-refractivity contribution in [1.29, 1.82) is 0 Å². The lowest BCUT2D eigenvalue weighted by atomic mass is 10.0. The molecule has 6 aromatic carbocycles. The van der Waals surface area contributed by atoms with Gasteiger partial charge in [-0.3, -0.25) is 0 Å². The van der Waals surface area contributed by atoms with Crippen LogP contribution in [0.5, 0.6) is 0 Å². The van der Waals surface area contributed by atoms with Gasteiger partial charge in [-0.1, -0.05) is 124 Å². The molecule has 0 saturated carbocycles. The van der Waals surface area contributed by atoms with Crippen molar-refractivity contribution >= 4 is 34.1 Å². The summed E-state index contributed by atoms with van der Waals surface area (Å²) in [6.07, 6.45) is 6.87. The largest absolute Gasteiger partial charge is 0.310 e. The highest BCUT2D eigenvalue weighted by atomic mass is 15.1. The molecule has 6 aromatic rings. The average Bonchev–Trinajstić information content (AvgIpc) is 3.12. The van der Waals surface area contributed by atoms with Crippen molar-refractivity contribution in [3.05, 3.63) is 169 Å². The molecule has 230 valence electrons. The van der Waals surface area contributed by atoms with Crippen LogP contribution in [-0.4, -0.2) is 0 Å². The maximum absolute atomic E-state index is 2.39. The van der Waals surface area contributed by atoms with E-state index in [9.17, 15) is 0 Å². The molecule has 0 aromatic heterocycles. The molecule has 0 heterocycles. The second-order valence-corrected chi connectivity index (χ2v) is 11.9. The zero-order valence-electron chi connectivity index (χ0n) is 27.1. The fourth-order valence-corrected chi connectivity index (χ4v) is 6.23. The Balaban J connectivity index is 1.32. The molecule has 0 fully saturated rings. The third-order valence-electron chi connectivity index (χ3n) is 8.68. The Morgan fingerprint density at radius 2 is 0.674 bits per heavy atom. The molecule has 46 heavy (non-hydrogen) atoms. The first-order valence-electron chi connectivity index (χ1n) is 16.8. The molecule has 6 rings (SSSR count). The average molecular weight is 601 g/mol. The summed E-state index contributed by atoms with van der Waals surface area (Å²) in [5.41, 5.74) is 12.3. The van der Waals surface area contributed by atoms with E-state index >= 15 is 0 Å². The first-order valence-corrected chi connectivity index (χ1v) is 16.8. The number of para-hydroxylation sites is 4. The summed E-state index contributed by atoms with van der Waals surface area (Å²) < 4.78 is 0. The molecule has 2 heteroatoms. The van der Waals surface area contributed by atoms with Crippen molar-refractivity contribution in [2.45, 2.75) is 52.4 Å². The van der Waals surface area contributed by atoms with Crippen LogP contribution in [0.2, 0.25) is 0 Å². The maximum Gasteiger partial charge on any atom is 0.0493 e. The van der Waals surface area contributed by atoms with Gasteiger partial charge in [-0.2, -0.15) is 0 Å². The number of anilines is 6. The second kappa shape index (κ2) is 15.3. The van der Waals surface area contributed by atoms with Crippen molar-refractivity contribution in [3.63, 3.8) is 0 Å². The molecule has 0 unspecified atom stereocenters. The van der Waals surface area contributed by atoms with Gasteiger partial charge in [0.1, 0.15) is 0 Å². The number of rotatable bonds is 13. The smallest absolute Gasteiger partial charge is 0.0493 e. The number of nitrogens with zero attached hydrogens (tertiary/aromatic N) is 2. The van der Waals surface area contributed by atoms with Gasteiger partial charge in [0, 0.05) is 34.1 Å². The number of hydrogen-bond acceptors (Lipinski definition) is 2. The molecule has 0 atom stereocenters. The fourth-order valence-electron chi connectivity index (χ4n) is 6.23. The number of aryl methyl sites for hydroxylation is 2. The molecule has 0 amide bonds. The standard InChI is InChI=1S/C44H44N2/c1-3-5-17-37-19-13-15-25-43(37)45(39-21-9-7-10-22-39)41-31-27-35(28-32-41)36-29-33-42(34-30-36)46(40-23-11-8-12-24-40)44-26-16-14-20-38(44)18-6-4-2/h7-16,19-34H,3-6,17-18H2,1-2H3. The number of benzene rings is 6.